The highest BCUT2D eigenvalue weighted by molar-refractivity contribution is 6.03. The number of amides is 3. The standard InChI is InChI=1S/C22H25FN2O5/c1-3-22(14-28-13-16-9-11-17(23)12-10-16)15-29-21(2,30-22)19(26)25-20(27)24-18-7-5-4-6-8-18/h4-12H,3,13-15H2,1-2H3,(H2,24,25,26,27). The zero-order chi connectivity index (χ0) is 21.6. The number of rotatable bonds is 7. The first-order chi connectivity index (χ1) is 14.3. The van der Waals surface area contributed by atoms with Gasteiger partial charge < -0.3 is 19.5 Å². The average molecular weight is 416 g/mol. The van der Waals surface area contributed by atoms with E-state index >= 15 is 0 Å². The fourth-order valence-corrected chi connectivity index (χ4v) is 3.04. The lowest BCUT2D eigenvalue weighted by Crippen LogP contribution is -2.50. The molecule has 3 rings (SSSR count). The SMILES string of the molecule is CCC1(COCc2ccc(F)cc2)COC(C)(C(=O)NC(=O)Nc2ccccc2)O1. The number of hydrogen-bond acceptors (Lipinski definition) is 5. The van der Waals surface area contributed by atoms with Crippen LogP contribution in [0.3, 0.4) is 0 Å². The van der Waals surface area contributed by atoms with Crippen molar-refractivity contribution in [2.75, 3.05) is 18.5 Å². The molecule has 1 fully saturated rings. The minimum atomic E-state index is -1.62. The Morgan fingerprint density at radius 3 is 2.50 bits per heavy atom. The van der Waals surface area contributed by atoms with Crippen molar-refractivity contribution in [1.82, 2.24) is 5.32 Å². The third kappa shape index (κ3) is 5.41. The summed E-state index contributed by atoms with van der Waals surface area (Å²) in [6.07, 6.45) is 0.537. The summed E-state index contributed by atoms with van der Waals surface area (Å²) in [6, 6.07) is 14.1. The zero-order valence-corrected chi connectivity index (χ0v) is 16.9. The molecule has 0 saturated carbocycles. The van der Waals surface area contributed by atoms with E-state index in [1.165, 1.54) is 19.1 Å². The first-order valence-electron chi connectivity index (χ1n) is 9.68. The minimum absolute atomic E-state index is 0.136. The molecule has 1 saturated heterocycles. The Morgan fingerprint density at radius 2 is 1.83 bits per heavy atom. The highest BCUT2D eigenvalue weighted by Gasteiger charge is 2.52. The molecular formula is C22H25FN2O5. The molecule has 2 N–H and O–H groups in total. The number of hydrogen-bond donors (Lipinski definition) is 2. The Kier molecular flexibility index (Phi) is 6.81. The van der Waals surface area contributed by atoms with Crippen LogP contribution in [0.15, 0.2) is 54.6 Å². The van der Waals surface area contributed by atoms with Crippen molar-refractivity contribution >= 4 is 17.6 Å². The molecule has 1 heterocycles. The van der Waals surface area contributed by atoms with Crippen molar-refractivity contribution in [3.63, 3.8) is 0 Å². The second-order valence-electron chi connectivity index (χ2n) is 7.27. The molecule has 7 nitrogen and oxygen atoms in total. The van der Waals surface area contributed by atoms with E-state index in [0.717, 1.165) is 5.56 Å². The minimum Gasteiger partial charge on any atom is -0.374 e. The summed E-state index contributed by atoms with van der Waals surface area (Å²) in [5.41, 5.74) is 0.542. The zero-order valence-electron chi connectivity index (χ0n) is 16.9. The van der Waals surface area contributed by atoms with Crippen molar-refractivity contribution in [3.05, 3.63) is 66.0 Å². The van der Waals surface area contributed by atoms with Crippen LogP contribution < -0.4 is 10.6 Å². The summed E-state index contributed by atoms with van der Waals surface area (Å²) in [4.78, 5) is 24.7. The Bertz CT molecular complexity index is 877. The van der Waals surface area contributed by atoms with Gasteiger partial charge in [0.25, 0.3) is 5.91 Å². The summed E-state index contributed by atoms with van der Waals surface area (Å²) < 4.78 is 30.3. The van der Waals surface area contributed by atoms with Crippen molar-refractivity contribution in [1.29, 1.82) is 0 Å². The molecule has 0 aromatic heterocycles. The molecule has 30 heavy (non-hydrogen) atoms. The van der Waals surface area contributed by atoms with Crippen LogP contribution in [0.25, 0.3) is 0 Å². The number of benzene rings is 2. The van der Waals surface area contributed by atoms with Crippen LogP contribution in [0.4, 0.5) is 14.9 Å². The number of nitrogens with one attached hydrogen (secondary N) is 2. The van der Waals surface area contributed by atoms with Gasteiger partial charge in [-0.3, -0.25) is 10.1 Å². The summed E-state index contributed by atoms with van der Waals surface area (Å²) in [5.74, 6) is -2.64. The Morgan fingerprint density at radius 1 is 1.13 bits per heavy atom. The maximum Gasteiger partial charge on any atom is 0.326 e. The molecule has 2 atom stereocenters. The van der Waals surface area contributed by atoms with Gasteiger partial charge in [-0.2, -0.15) is 0 Å². The molecule has 0 aliphatic carbocycles. The van der Waals surface area contributed by atoms with Crippen LogP contribution >= 0.6 is 0 Å². The normalized spacial score (nSPS) is 23.2. The van der Waals surface area contributed by atoms with E-state index in [0.29, 0.717) is 12.1 Å². The number of urea groups is 1. The van der Waals surface area contributed by atoms with Gasteiger partial charge in [0, 0.05) is 5.69 Å². The molecule has 1 aliphatic rings. The van der Waals surface area contributed by atoms with Crippen LogP contribution in [-0.2, 0) is 25.6 Å². The van der Waals surface area contributed by atoms with Gasteiger partial charge in [0.05, 0.1) is 19.8 Å². The van der Waals surface area contributed by atoms with Crippen molar-refractivity contribution in [2.24, 2.45) is 0 Å². The lowest BCUT2D eigenvalue weighted by molar-refractivity contribution is -0.195. The van der Waals surface area contributed by atoms with E-state index in [2.05, 4.69) is 10.6 Å². The third-order valence-electron chi connectivity index (χ3n) is 4.88. The molecule has 8 heteroatoms. The summed E-state index contributed by atoms with van der Waals surface area (Å²) in [7, 11) is 0. The quantitative estimate of drug-likeness (QED) is 0.720. The number of ether oxygens (including phenoxy) is 3. The summed E-state index contributed by atoms with van der Waals surface area (Å²) in [6.45, 7) is 3.96. The van der Waals surface area contributed by atoms with Crippen LogP contribution in [0.5, 0.6) is 0 Å². The predicted octanol–water partition coefficient (Wildman–Crippen LogP) is 3.60. The molecule has 160 valence electrons. The number of anilines is 1. The highest BCUT2D eigenvalue weighted by atomic mass is 19.1. The molecule has 1 aliphatic heterocycles. The topological polar surface area (TPSA) is 85.9 Å². The number of carbonyl (C=O) groups is 2. The Hall–Kier alpha value is -2.81. The maximum absolute atomic E-state index is 13.0. The van der Waals surface area contributed by atoms with Gasteiger partial charge >= 0.3 is 6.03 Å². The Balaban J connectivity index is 1.54. The lowest BCUT2D eigenvalue weighted by Gasteiger charge is -2.28. The van der Waals surface area contributed by atoms with Crippen LogP contribution in [0.2, 0.25) is 0 Å². The largest absolute Gasteiger partial charge is 0.374 e. The van der Waals surface area contributed by atoms with E-state index in [1.807, 2.05) is 13.0 Å². The van der Waals surface area contributed by atoms with Gasteiger partial charge in [0.1, 0.15) is 11.4 Å². The van der Waals surface area contributed by atoms with E-state index in [4.69, 9.17) is 14.2 Å². The molecule has 2 aromatic carbocycles. The summed E-state index contributed by atoms with van der Waals surface area (Å²) >= 11 is 0. The molecule has 2 unspecified atom stereocenters. The van der Waals surface area contributed by atoms with Crippen molar-refractivity contribution < 1.29 is 28.2 Å². The van der Waals surface area contributed by atoms with Gasteiger partial charge in [0.15, 0.2) is 0 Å². The van der Waals surface area contributed by atoms with Crippen LogP contribution in [-0.4, -0.2) is 36.5 Å². The Labute approximate surface area is 174 Å². The summed E-state index contributed by atoms with van der Waals surface area (Å²) in [5, 5.41) is 4.82. The molecular weight excluding hydrogens is 391 g/mol. The number of imide groups is 1. The average Bonchev–Trinajstić information content (AvgIpc) is 3.09. The molecule has 2 aromatic rings. The lowest BCUT2D eigenvalue weighted by atomic mass is 10.0. The van der Waals surface area contributed by atoms with Crippen molar-refractivity contribution in [2.45, 2.75) is 38.3 Å². The van der Waals surface area contributed by atoms with Crippen LogP contribution in [0.1, 0.15) is 25.8 Å². The van der Waals surface area contributed by atoms with Crippen molar-refractivity contribution in [3.8, 4) is 0 Å². The fourth-order valence-electron chi connectivity index (χ4n) is 3.04. The van der Waals surface area contributed by atoms with E-state index in [1.54, 1.807) is 36.4 Å². The second-order valence-corrected chi connectivity index (χ2v) is 7.27. The van der Waals surface area contributed by atoms with E-state index < -0.39 is 23.3 Å². The second kappa shape index (κ2) is 9.34. The van der Waals surface area contributed by atoms with Gasteiger partial charge in [0.2, 0.25) is 5.79 Å². The van der Waals surface area contributed by atoms with E-state index in [9.17, 15) is 14.0 Å². The molecule has 0 radical (unpaired) electrons. The molecule has 3 amide bonds. The number of para-hydroxylation sites is 1. The van der Waals surface area contributed by atoms with Crippen LogP contribution in [0, 0.1) is 5.82 Å². The first kappa shape index (κ1) is 21.9. The number of carbonyl (C=O) groups excluding carboxylic acids is 2. The van der Waals surface area contributed by atoms with E-state index in [-0.39, 0.29) is 25.6 Å². The smallest absolute Gasteiger partial charge is 0.326 e. The third-order valence-corrected chi connectivity index (χ3v) is 4.88. The fraction of sp³-hybridized carbons (Fsp3) is 0.364. The molecule has 0 spiro atoms. The first-order valence-corrected chi connectivity index (χ1v) is 9.68. The van der Waals surface area contributed by atoms with Gasteiger partial charge in [-0.25, -0.2) is 9.18 Å². The maximum atomic E-state index is 13.0. The van der Waals surface area contributed by atoms with Gasteiger partial charge in [-0.1, -0.05) is 37.3 Å². The predicted molar refractivity (Wildman–Crippen MR) is 108 cm³/mol. The highest BCUT2D eigenvalue weighted by Crippen LogP contribution is 2.34. The van der Waals surface area contributed by atoms with Gasteiger partial charge in [-0.15, -0.1) is 0 Å². The number of halogens is 1. The molecule has 0 bridgehead atoms. The monoisotopic (exact) mass is 416 g/mol. The van der Waals surface area contributed by atoms with Gasteiger partial charge in [-0.05, 0) is 43.2 Å².